The maximum absolute atomic E-state index is 12.8. The molecule has 1 aromatic rings. The van der Waals surface area contributed by atoms with E-state index < -0.39 is 5.97 Å². The predicted molar refractivity (Wildman–Crippen MR) is 88.0 cm³/mol. The van der Waals surface area contributed by atoms with Crippen molar-refractivity contribution in [2.75, 3.05) is 19.7 Å². The average Bonchev–Trinajstić information content (AvgIpc) is 3.28. The molecule has 126 valence electrons. The molecule has 2 rings (SSSR count). The Bertz CT molecular complexity index is 570. The Kier molecular flexibility index (Phi) is 5.64. The van der Waals surface area contributed by atoms with E-state index in [1.54, 1.807) is 12.1 Å². The number of ether oxygens (including phenoxy) is 1. The van der Waals surface area contributed by atoms with E-state index in [0.29, 0.717) is 17.2 Å². The molecule has 1 aliphatic rings. The van der Waals surface area contributed by atoms with Crippen LogP contribution in [0.25, 0.3) is 0 Å². The average molecular weight is 319 g/mol. The van der Waals surface area contributed by atoms with Gasteiger partial charge in [0, 0.05) is 18.7 Å². The molecule has 0 radical (unpaired) electrons. The molecule has 0 aromatic heterocycles. The Balaban J connectivity index is 2.17. The van der Waals surface area contributed by atoms with Crippen LogP contribution in [-0.2, 0) is 4.79 Å². The summed E-state index contributed by atoms with van der Waals surface area (Å²) in [5.74, 6) is 0.247. The molecule has 0 unspecified atom stereocenters. The Hall–Kier alpha value is -2.04. The number of aliphatic carboxylic acids is 1. The van der Waals surface area contributed by atoms with Gasteiger partial charge in [0.05, 0.1) is 0 Å². The molecule has 1 aliphatic carbocycles. The topological polar surface area (TPSA) is 66.8 Å². The zero-order valence-electron chi connectivity index (χ0n) is 14.1. The number of rotatable bonds is 8. The van der Waals surface area contributed by atoms with Crippen LogP contribution in [0.3, 0.4) is 0 Å². The first-order valence-electron chi connectivity index (χ1n) is 8.17. The first-order valence-corrected chi connectivity index (χ1v) is 8.17. The lowest BCUT2D eigenvalue weighted by Crippen LogP contribution is -2.33. The standard InChI is InChI=1S/C18H25NO4/c1-4-7-19(10-14-5-6-14)18(22)15-8-12(2)17(13(3)9-15)23-11-16(20)21/h8-9,14H,4-7,10-11H2,1-3H3,(H,20,21). The molecular weight excluding hydrogens is 294 g/mol. The predicted octanol–water partition coefficient (Wildman–Crippen LogP) is 3.03. The van der Waals surface area contributed by atoms with Gasteiger partial charge in [0.25, 0.3) is 5.91 Å². The summed E-state index contributed by atoms with van der Waals surface area (Å²) < 4.78 is 5.32. The molecule has 0 aliphatic heterocycles. The second-order valence-corrected chi connectivity index (χ2v) is 6.32. The van der Waals surface area contributed by atoms with E-state index in [4.69, 9.17) is 9.84 Å². The highest BCUT2D eigenvalue weighted by molar-refractivity contribution is 5.95. The zero-order valence-corrected chi connectivity index (χ0v) is 14.1. The van der Waals surface area contributed by atoms with Crippen molar-refractivity contribution in [3.8, 4) is 5.75 Å². The monoisotopic (exact) mass is 319 g/mol. The molecule has 1 fully saturated rings. The molecule has 0 atom stereocenters. The summed E-state index contributed by atoms with van der Waals surface area (Å²) in [5.41, 5.74) is 2.23. The third-order valence-corrected chi connectivity index (χ3v) is 4.00. The summed E-state index contributed by atoms with van der Waals surface area (Å²) in [6.45, 7) is 6.98. The lowest BCUT2D eigenvalue weighted by Gasteiger charge is -2.23. The quantitative estimate of drug-likeness (QED) is 0.800. The van der Waals surface area contributed by atoms with Gasteiger partial charge < -0.3 is 14.7 Å². The maximum atomic E-state index is 12.8. The third kappa shape index (κ3) is 4.71. The molecule has 0 spiro atoms. The van der Waals surface area contributed by atoms with Crippen molar-refractivity contribution in [3.63, 3.8) is 0 Å². The number of nitrogens with zero attached hydrogens (tertiary/aromatic N) is 1. The van der Waals surface area contributed by atoms with Gasteiger partial charge in [0.15, 0.2) is 6.61 Å². The number of aryl methyl sites for hydroxylation is 2. The van der Waals surface area contributed by atoms with Crippen LogP contribution in [-0.4, -0.2) is 41.6 Å². The van der Waals surface area contributed by atoms with Crippen LogP contribution < -0.4 is 4.74 Å². The highest BCUT2D eigenvalue weighted by Crippen LogP contribution is 2.31. The van der Waals surface area contributed by atoms with Crippen molar-refractivity contribution in [1.82, 2.24) is 4.90 Å². The number of hydrogen-bond donors (Lipinski definition) is 1. The van der Waals surface area contributed by atoms with Crippen LogP contribution in [0.15, 0.2) is 12.1 Å². The maximum Gasteiger partial charge on any atom is 0.341 e. The van der Waals surface area contributed by atoms with Gasteiger partial charge in [0.2, 0.25) is 0 Å². The van der Waals surface area contributed by atoms with Crippen molar-refractivity contribution in [2.45, 2.75) is 40.0 Å². The van der Waals surface area contributed by atoms with Gasteiger partial charge in [-0.1, -0.05) is 6.92 Å². The smallest absolute Gasteiger partial charge is 0.341 e. The largest absolute Gasteiger partial charge is 0.481 e. The second-order valence-electron chi connectivity index (χ2n) is 6.32. The second kappa shape index (κ2) is 7.49. The van der Waals surface area contributed by atoms with E-state index in [0.717, 1.165) is 30.6 Å². The van der Waals surface area contributed by atoms with Crippen LogP contribution in [0.2, 0.25) is 0 Å². The van der Waals surface area contributed by atoms with Crippen molar-refractivity contribution in [2.24, 2.45) is 5.92 Å². The van der Waals surface area contributed by atoms with Crippen molar-refractivity contribution < 1.29 is 19.4 Å². The zero-order chi connectivity index (χ0) is 17.0. The number of carboxylic acids is 1. The Morgan fingerprint density at radius 1 is 1.26 bits per heavy atom. The lowest BCUT2D eigenvalue weighted by molar-refractivity contribution is -0.139. The summed E-state index contributed by atoms with van der Waals surface area (Å²) in [5, 5.41) is 8.74. The SMILES string of the molecule is CCCN(CC1CC1)C(=O)c1cc(C)c(OCC(=O)O)c(C)c1. The lowest BCUT2D eigenvalue weighted by atomic mass is 10.0. The first-order chi connectivity index (χ1) is 10.9. The van der Waals surface area contributed by atoms with Gasteiger partial charge >= 0.3 is 5.97 Å². The molecule has 5 nitrogen and oxygen atoms in total. The molecular formula is C18H25NO4. The fraction of sp³-hybridized carbons (Fsp3) is 0.556. The van der Waals surface area contributed by atoms with Crippen LogP contribution >= 0.6 is 0 Å². The summed E-state index contributed by atoms with van der Waals surface area (Å²) in [6, 6.07) is 3.59. The first kappa shape index (κ1) is 17.3. The molecule has 0 bridgehead atoms. The van der Waals surface area contributed by atoms with E-state index in [2.05, 4.69) is 6.92 Å². The highest BCUT2D eigenvalue weighted by atomic mass is 16.5. The Morgan fingerprint density at radius 3 is 2.35 bits per heavy atom. The van der Waals surface area contributed by atoms with Crippen molar-refractivity contribution in [3.05, 3.63) is 28.8 Å². The van der Waals surface area contributed by atoms with Gasteiger partial charge in [-0.2, -0.15) is 0 Å². The summed E-state index contributed by atoms with van der Waals surface area (Å²) in [7, 11) is 0. The normalized spacial score (nSPS) is 13.7. The van der Waals surface area contributed by atoms with Crippen molar-refractivity contribution >= 4 is 11.9 Å². The fourth-order valence-electron chi connectivity index (χ4n) is 2.78. The van der Waals surface area contributed by atoms with E-state index in [1.165, 1.54) is 12.8 Å². The Morgan fingerprint density at radius 2 is 1.87 bits per heavy atom. The van der Waals surface area contributed by atoms with E-state index in [9.17, 15) is 9.59 Å². The van der Waals surface area contributed by atoms with Crippen LogP contribution in [0.5, 0.6) is 5.75 Å². The summed E-state index contributed by atoms with van der Waals surface area (Å²) >= 11 is 0. The van der Waals surface area contributed by atoms with E-state index in [1.807, 2.05) is 18.7 Å². The molecule has 1 saturated carbocycles. The number of benzene rings is 1. The molecule has 1 aromatic carbocycles. The molecule has 1 N–H and O–H groups in total. The number of carbonyl (C=O) groups is 2. The van der Waals surface area contributed by atoms with E-state index in [-0.39, 0.29) is 12.5 Å². The minimum absolute atomic E-state index is 0.0507. The van der Waals surface area contributed by atoms with E-state index >= 15 is 0 Å². The molecule has 5 heteroatoms. The molecule has 0 saturated heterocycles. The van der Waals surface area contributed by atoms with Gasteiger partial charge in [0.1, 0.15) is 5.75 Å². The van der Waals surface area contributed by atoms with Crippen LogP contribution in [0.4, 0.5) is 0 Å². The van der Waals surface area contributed by atoms with Gasteiger partial charge in [-0.3, -0.25) is 4.79 Å². The molecule has 23 heavy (non-hydrogen) atoms. The fourth-order valence-corrected chi connectivity index (χ4v) is 2.78. The van der Waals surface area contributed by atoms with Gasteiger partial charge in [-0.05, 0) is 62.3 Å². The minimum Gasteiger partial charge on any atom is -0.481 e. The highest BCUT2D eigenvalue weighted by Gasteiger charge is 2.27. The number of hydrogen-bond acceptors (Lipinski definition) is 3. The number of amides is 1. The molecule has 1 amide bonds. The number of carboxylic acid groups (broad SMARTS) is 1. The Labute approximate surface area is 137 Å². The minimum atomic E-state index is -1.01. The third-order valence-electron chi connectivity index (χ3n) is 4.00. The summed E-state index contributed by atoms with van der Waals surface area (Å²) in [4.78, 5) is 25.4. The molecule has 0 heterocycles. The summed E-state index contributed by atoms with van der Waals surface area (Å²) in [6.07, 6.45) is 3.37. The van der Waals surface area contributed by atoms with Gasteiger partial charge in [-0.15, -0.1) is 0 Å². The van der Waals surface area contributed by atoms with Crippen LogP contribution in [0, 0.1) is 19.8 Å². The van der Waals surface area contributed by atoms with Crippen LogP contribution in [0.1, 0.15) is 47.7 Å². The van der Waals surface area contributed by atoms with Gasteiger partial charge in [-0.25, -0.2) is 4.79 Å². The number of carbonyl (C=O) groups excluding carboxylic acids is 1. The van der Waals surface area contributed by atoms with Crippen molar-refractivity contribution in [1.29, 1.82) is 0 Å².